The van der Waals surface area contributed by atoms with E-state index in [2.05, 4.69) is 5.43 Å². The minimum Gasteiger partial charge on any atom is -0.271 e. The molecule has 1 aromatic carbocycles. The quantitative estimate of drug-likeness (QED) is 0.626. The van der Waals surface area contributed by atoms with Crippen LogP contribution in [0.2, 0.25) is 0 Å². The van der Waals surface area contributed by atoms with Crippen LogP contribution in [-0.4, -0.2) is 0 Å². The van der Waals surface area contributed by atoms with Crippen molar-refractivity contribution in [2.24, 2.45) is 11.8 Å². The van der Waals surface area contributed by atoms with Crippen LogP contribution in [0.1, 0.15) is 43.9 Å². The first-order valence-electron chi connectivity index (χ1n) is 6.07. The zero-order valence-electron chi connectivity index (χ0n) is 10.6. The molecule has 1 aromatic rings. The van der Waals surface area contributed by atoms with Gasteiger partial charge in [-0.15, -0.1) is 0 Å². The molecular weight excluding hydrogens is 241 g/mol. The van der Waals surface area contributed by atoms with E-state index in [1.165, 1.54) is 12.1 Å². The van der Waals surface area contributed by atoms with Crippen LogP contribution < -0.4 is 11.3 Å². The number of alkyl halides is 3. The molecule has 0 saturated heterocycles. The van der Waals surface area contributed by atoms with Crippen LogP contribution in [0.4, 0.5) is 13.2 Å². The molecule has 1 unspecified atom stereocenters. The van der Waals surface area contributed by atoms with Crippen molar-refractivity contribution < 1.29 is 13.2 Å². The fraction of sp³-hybridized carbons (Fsp3) is 0.538. The van der Waals surface area contributed by atoms with Gasteiger partial charge in [-0.1, -0.05) is 44.9 Å². The van der Waals surface area contributed by atoms with Gasteiger partial charge < -0.3 is 0 Å². The van der Waals surface area contributed by atoms with Gasteiger partial charge in [-0.05, 0) is 17.5 Å². The number of benzene rings is 1. The van der Waals surface area contributed by atoms with E-state index >= 15 is 0 Å². The van der Waals surface area contributed by atoms with Gasteiger partial charge in [0.1, 0.15) is 0 Å². The third kappa shape index (κ3) is 3.23. The molecule has 1 rings (SSSR count). The summed E-state index contributed by atoms with van der Waals surface area (Å²) in [5.41, 5.74) is 2.14. The van der Waals surface area contributed by atoms with Gasteiger partial charge in [0, 0.05) is 6.04 Å². The first-order chi connectivity index (χ1) is 8.45. The first-order valence-corrected chi connectivity index (χ1v) is 6.07. The number of halogens is 3. The summed E-state index contributed by atoms with van der Waals surface area (Å²) >= 11 is 0. The van der Waals surface area contributed by atoms with E-state index < -0.39 is 17.8 Å². The Balaban J connectivity index is 3.21. The van der Waals surface area contributed by atoms with E-state index in [4.69, 9.17) is 5.84 Å². The highest BCUT2D eigenvalue weighted by Gasteiger charge is 2.35. The number of hydrogen-bond donors (Lipinski definition) is 2. The van der Waals surface area contributed by atoms with Crippen molar-refractivity contribution in [3.8, 4) is 0 Å². The van der Waals surface area contributed by atoms with Crippen molar-refractivity contribution in [2.45, 2.75) is 38.9 Å². The van der Waals surface area contributed by atoms with Crippen LogP contribution >= 0.6 is 0 Å². The Morgan fingerprint density at radius 2 is 1.72 bits per heavy atom. The average molecular weight is 260 g/mol. The molecule has 0 amide bonds. The molecular formula is C13H19F3N2. The zero-order valence-corrected chi connectivity index (χ0v) is 10.6. The van der Waals surface area contributed by atoms with E-state index in [1.807, 2.05) is 13.8 Å². The number of hydrogen-bond acceptors (Lipinski definition) is 2. The molecule has 0 aliphatic rings. The monoisotopic (exact) mass is 260 g/mol. The van der Waals surface area contributed by atoms with Crippen LogP contribution in [-0.2, 0) is 6.18 Å². The van der Waals surface area contributed by atoms with Crippen molar-refractivity contribution in [1.29, 1.82) is 0 Å². The summed E-state index contributed by atoms with van der Waals surface area (Å²) in [4.78, 5) is 0. The van der Waals surface area contributed by atoms with Crippen LogP contribution in [0.25, 0.3) is 0 Å². The lowest BCUT2D eigenvalue weighted by molar-refractivity contribution is -0.138. The topological polar surface area (TPSA) is 38.0 Å². The fourth-order valence-electron chi connectivity index (χ4n) is 2.27. The highest BCUT2D eigenvalue weighted by molar-refractivity contribution is 5.32. The number of nitrogens with one attached hydrogen (secondary N) is 1. The first kappa shape index (κ1) is 15.0. The molecule has 0 aromatic heterocycles. The third-order valence-corrected chi connectivity index (χ3v) is 3.30. The lowest BCUT2D eigenvalue weighted by Gasteiger charge is -2.27. The molecule has 2 nitrogen and oxygen atoms in total. The van der Waals surface area contributed by atoms with Gasteiger partial charge in [-0.2, -0.15) is 13.2 Å². The molecule has 0 fully saturated rings. The number of nitrogens with two attached hydrogens (primary N) is 1. The van der Waals surface area contributed by atoms with E-state index in [0.717, 1.165) is 18.9 Å². The molecule has 0 heterocycles. The summed E-state index contributed by atoms with van der Waals surface area (Å²) in [6, 6.07) is 5.12. The molecule has 0 aliphatic heterocycles. The van der Waals surface area contributed by atoms with E-state index in [1.54, 1.807) is 6.07 Å². The average Bonchev–Trinajstić information content (AvgIpc) is 2.34. The standard InChI is InChI=1S/C13H19F3N2/c1-3-9(4-2)12(18-17)10-7-5-6-8-11(10)13(14,15)16/h5-9,12,18H,3-4,17H2,1-2H3. The highest BCUT2D eigenvalue weighted by atomic mass is 19.4. The van der Waals surface area contributed by atoms with Crippen LogP contribution in [0, 0.1) is 5.92 Å². The normalized spacial score (nSPS) is 13.9. The van der Waals surface area contributed by atoms with E-state index in [0.29, 0.717) is 0 Å². The Kier molecular flexibility index (Phi) is 5.16. The second-order valence-corrected chi connectivity index (χ2v) is 4.31. The van der Waals surface area contributed by atoms with E-state index in [9.17, 15) is 13.2 Å². The summed E-state index contributed by atoms with van der Waals surface area (Å²) in [5, 5.41) is 0. The lowest BCUT2D eigenvalue weighted by Crippen LogP contribution is -2.34. The maximum atomic E-state index is 12.9. The highest BCUT2D eigenvalue weighted by Crippen LogP contribution is 2.37. The molecule has 1 atom stereocenters. The van der Waals surface area contributed by atoms with Gasteiger partial charge in [0.2, 0.25) is 0 Å². The van der Waals surface area contributed by atoms with Crippen molar-refractivity contribution >= 4 is 0 Å². The zero-order chi connectivity index (χ0) is 13.8. The maximum Gasteiger partial charge on any atom is 0.416 e. The predicted octanol–water partition coefficient (Wildman–Crippen LogP) is 3.65. The van der Waals surface area contributed by atoms with Gasteiger partial charge in [0.15, 0.2) is 0 Å². The summed E-state index contributed by atoms with van der Waals surface area (Å²) < 4.78 is 38.8. The summed E-state index contributed by atoms with van der Waals surface area (Å²) in [7, 11) is 0. The molecule has 0 aliphatic carbocycles. The molecule has 102 valence electrons. The third-order valence-electron chi connectivity index (χ3n) is 3.30. The minimum absolute atomic E-state index is 0.0819. The molecule has 3 N–H and O–H groups in total. The van der Waals surface area contributed by atoms with Crippen LogP contribution in [0.5, 0.6) is 0 Å². The molecule has 0 spiro atoms. The van der Waals surface area contributed by atoms with Gasteiger partial charge in [0.05, 0.1) is 5.56 Å². The second-order valence-electron chi connectivity index (χ2n) is 4.31. The Hall–Kier alpha value is -1.07. The van der Waals surface area contributed by atoms with Gasteiger partial charge >= 0.3 is 6.18 Å². The maximum absolute atomic E-state index is 12.9. The summed E-state index contributed by atoms with van der Waals surface area (Å²) in [5.74, 6) is 5.53. The minimum atomic E-state index is -4.35. The summed E-state index contributed by atoms with van der Waals surface area (Å²) in [6.07, 6.45) is -2.80. The van der Waals surface area contributed by atoms with Gasteiger partial charge in [-0.3, -0.25) is 11.3 Å². The van der Waals surface area contributed by atoms with Gasteiger partial charge in [-0.25, -0.2) is 0 Å². The van der Waals surface area contributed by atoms with Crippen molar-refractivity contribution in [1.82, 2.24) is 5.43 Å². The predicted molar refractivity (Wildman–Crippen MR) is 65.6 cm³/mol. The fourth-order valence-corrected chi connectivity index (χ4v) is 2.27. The van der Waals surface area contributed by atoms with Crippen molar-refractivity contribution in [2.75, 3.05) is 0 Å². The number of rotatable bonds is 5. The van der Waals surface area contributed by atoms with Gasteiger partial charge in [0.25, 0.3) is 0 Å². The second kappa shape index (κ2) is 6.20. The Bertz CT molecular complexity index is 373. The Morgan fingerprint density at radius 3 is 2.17 bits per heavy atom. The summed E-state index contributed by atoms with van der Waals surface area (Å²) in [6.45, 7) is 3.91. The molecule has 0 bridgehead atoms. The van der Waals surface area contributed by atoms with Crippen molar-refractivity contribution in [3.63, 3.8) is 0 Å². The molecule has 0 radical (unpaired) electrons. The molecule has 0 saturated carbocycles. The molecule has 18 heavy (non-hydrogen) atoms. The largest absolute Gasteiger partial charge is 0.416 e. The number of hydrazine groups is 1. The van der Waals surface area contributed by atoms with Crippen LogP contribution in [0.15, 0.2) is 24.3 Å². The van der Waals surface area contributed by atoms with Crippen LogP contribution in [0.3, 0.4) is 0 Å². The lowest BCUT2D eigenvalue weighted by atomic mass is 9.87. The van der Waals surface area contributed by atoms with E-state index in [-0.39, 0.29) is 11.5 Å². The Morgan fingerprint density at radius 1 is 1.17 bits per heavy atom. The van der Waals surface area contributed by atoms with Crippen molar-refractivity contribution in [3.05, 3.63) is 35.4 Å². The smallest absolute Gasteiger partial charge is 0.271 e. The SMILES string of the molecule is CCC(CC)C(NN)c1ccccc1C(F)(F)F. The molecule has 5 heteroatoms. The Labute approximate surface area is 105 Å².